The molecule has 0 saturated carbocycles. The number of thiophene rings is 1. The predicted molar refractivity (Wildman–Crippen MR) is 79.4 cm³/mol. The monoisotopic (exact) mass is 323 g/mol. The predicted octanol–water partition coefficient (Wildman–Crippen LogP) is 4.71. The minimum Gasteiger partial charge on any atom is -0.508 e. The molecule has 2 nitrogen and oxygen atoms in total. The number of phenolic OH excluding ortho intramolecular Hbond substituents is 1. The maximum Gasteiger partial charge on any atom is 0.115 e. The number of rotatable bonds is 2. The van der Waals surface area contributed by atoms with Gasteiger partial charge in [0.05, 0.1) is 9.83 Å². The molecule has 0 fully saturated rings. The first-order valence-electron chi connectivity index (χ1n) is 6.06. The van der Waals surface area contributed by atoms with E-state index in [0.717, 1.165) is 12.1 Å². The van der Waals surface area contributed by atoms with Crippen LogP contribution in [0, 0.1) is 0 Å². The zero-order chi connectivity index (χ0) is 12.5. The normalized spacial score (nSPS) is 18.4. The van der Waals surface area contributed by atoms with Crippen LogP contribution in [0.4, 0.5) is 5.69 Å². The Balaban J connectivity index is 1.83. The molecule has 2 aromatic rings. The van der Waals surface area contributed by atoms with E-state index < -0.39 is 0 Å². The number of aromatic hydroxyl groups is 1. The molecule has 1 aromatic heterocycles. The molecule has 1 aliphatic rings. The molecule has 2 N–H and O–H groups in total. The van der Waals surface area contributed by atoms with Gasteiger partial charge in [0, 0.05) is 10.6 Å². The Labute approximate surface area is 119 Å². The van der Waals surface area contributed by atoms with Crippen molar-refractivity contribution < 1.29 is 5.11 Å². The third-order valence-electron chi connectivity index (χ3n) is 3.29. The molecular weight excluding hydrogens is 310 g/mol. The average molecular weight is 324 g/mol. The highest BCUT2D eigenvalue weighted by Crippen LogP contribution is 2.39. The summed E-state index contributed by atoms with van der Waals surface area (Å²) in [7, 11) is 0. The van der Waals surface area contributed by atoms with Crippen molar-refractivity contribution in [2.75, 3.05) is 5.32 Å². The second-order valence-electron chi connectivity index (χ2n) is 4.57. The van der Waals surface area contributed by atoms with Crippen molar-refractivity contribution in [2.45, 2.75) is 25.3 Å². The van der Waals surface area contributed by atoms with Crippen molar-refractivity contribution in [1.82, 2.24) is 0 Å². The third-order valence-corrected chi connectivity index (χ3v) is 5.01. The summed E-state index contributed by atoms with van der Waals surface area (Å²) in [5.74, 6) is 0.308. The minimum absolute atomic E-state index is 0.308. The van der Waals surface area contributed by atoms with E-state index in [1.165, 1.54) is 27.1 Å². The van der Waals surface area contributed by atoms with E-state index in [1.54, 1.807) is 12.1 Å². The van der Waals surface area contributed by atoms with Gasteiger partial charge in [0.2, 0.25) is 0 Å². The molecule has 0 aliphatic heterocycles. The summed E-state index contributed by atoms with van der Waals surface area (Å²) >= 11 is 5.42. The molecule has 0 spiro atoms. The summed E-state index contributed by atoms with van der Waals surface area (Å²) in [4.78, 5) is 1.49. The molecule has 18 heavy (non-hydrogen) atoms. The van der Waals surface area contributed by atoms with E-state index in [2.05, 4.69) is 27.3 Å². The second kappa shape index (κ2) is 4.94. The summed E-state index contributed by atoms with van der Waals surface area (Å²) < 4.78 is 1.21. The van der Waals surface area contributed by atoms with Crippen molar-refractivity contribution in [1.29, 1.82) is 0 Å². The van der Waals surface area contributed by atoms with Crippen LogP contribution in [-0.4, -0.2) is 5.11 Å². The van der Waals surface area contributed by atoms with Gasteiger partial charge >= 0.3 is 0 Å². The number of halogens is 1. The Morgan fingerprint density at radius 3 is 2.83 bits per heavy atom. The Hall–Kier alpha value is -1.00. The maximum atomic E-state index is 9.29. The third kappa shape index (κ3) is 2.40. The number of aryl methyl sites for hydroxylation is 1. The number of phenols is 1. The van der Waals surface area contributed by atoms with Crippen LogP contribution >= 0.6 is 27.3 Å². The van der Waals surface area contributed by atoms with E-state index in [0.29, 0.717) is 11.8 Å². The standard InChI is InChI=1S/C14H14BrNOS/c15-14-8-11-12(2-1-3-13(11)18-14)16-9-4-6-10(17)7-5-9/h4-8,12,16-17H,1-3H2. The highest BCUT2D eigenvalue weighted by atomic mass is 79.9. The van der Waals surface area contributed by atoms with Gasteiger partial charge in [-0.3, -0.25) is 0 Å². The summed E-state index contributed by atoms with van der Waals surface area (Å²) in [6.45, 7) is 0. The molecule has 1 aliphatic carbocycles. The molecule has 1 aromatic carbocycles. The summed E-state index contributed by atoms with van der Waals surface area (Å²) in [6.07, 6.45) is 3.59. The molecular formula is C14H14BrNOS. The lowest BCUT2D eigenvalue weighted by atomic mass is 9.94. The number of nitrogens with one attached hydrogen (secondary N) is 1. The van der Waals surface area contributed by atoms with Crippen molar-refractivity contribution in [3.63, 3.8) is 0 Å². The first-order valence-corrected chi connectivity index (χ1v) is 7.67. The lowest BCUT2D eigenvalue weighted by molar-refractivity contribution is 0.475. The van der Waals surface area contributed by atoms with Crippen LogP contribution in [0.3, 0.4) is 0 Å². The smallest absolute Gasteiger partial charge is 0.115 e. The quantitative estimate of drug-likeness (QED) is 0.785. The zero-order valence-corrected chi connectivity index (χ0v) is 12.2. The highest BCUT2D eigenvalue weighted by Gasteiger charge is 2.22. The molecule has 0 saturated heterocycles. The molecule has 1 atom stereocenters. The number of hydrogen-bond donors (Lipinski definition) is 2. The Kier molecular flexibility index (Phi) is 3.31. The van der Waals surface area contributed by atoms with Gasteiger partial charge in [-0.05, 0) is 71.1 Å². The van der Waals surface area contributed by atoms with Crippen molar-refractivity contribution in [2.24, 2.45) is 0 Å². The van der Waals surface area contributed by atoms with Crippen LogP contribution in [0.1, 0.15) is 29.3 Å². The van der Waals surface area contributed by atoms with Crippen LogP contribution in [0.25, 0.3) is 0 Å². The van der Waals surface area contributed by atoms with Gasteiger partial charge in [0.25, 0.3) is 0 Å². The van der Waals surface area contributed by atoms with Gasteiger partial charge in [-0.2, -0.15) is 0 Å². The van der Waals surface area contributed by atoms with Crippen molar-refractivity contribution >= 4 is 33.0 Å². The van der Waals surface area contributed by atoms with Crippen molar-refractivity contribution in [3.8, 4) is 5.75 Å². The Morgan fingerprint density at radius 1 is 1.28 bits per heavy atom. The van der Waals surface area contributed by atoms with Gasteiger partial charge < -0.3 is 10.4 Å². The fourth-order valence-corrected chi connectivity index (χ4v) is 4.25. The summed E-state index contributed by atoms with van der Waals surface area (Å²) in [5.41, 5.74) is 2.49. The van der Waals surface area contributed by atoms with Crippen molar-refractivity contribution in [3.05, 3.63) is 44.6 Å². The molecule has 1 heterocycles. The van der Waals surface area contributed by atoms with Crippen LogP contribution in [0.15, 0.2) is 34.1 Å². The lowest BCUT2D eigenvalue weighted by Gasteiger charge is -2.24. The molecule has 0 bridgehead atoms. The molecule has 0 amide bonds. The van der Waals surface area contributed by atoms with E-state index in [4.69, 9.17) is 0 Å². The fraction of sp³-hybridized carbons (Fsp3) is 0.286. The van der Waals surface area contributed by atoms with Crippen LogP contribution in [0.5, 0.6) is 5.75 Å². The highest BCUT2D eigenvalue weighted by molar-refractivity contribution is 9.11. The lowest BCUT2D eigenvalue weighted by Crippen LogP contribution is -2.15. The van der Waals surface area contributed by atoms with Gasteiger partial charge in [0.15, 0.2) is 0 Å². The first-order chi connectivity index (χ1) is 8.72. The van der Waals surface area contributed by atoms with Gasteiger partial charge in [-0.15, -0.1) is 11.3 Å². The summed E-state index contributed by atoms with van der Waals surface area (Å²) in [5, 5.41) is 12.8. The topological polar surface area (TPSA) is 32.3 Å². The first kappa shape index (κ1) is 12.1. The van der Waals surface area contributed by atoms with E-state index in [-0.39, 0.29) is 0 Å². The van der Waals surface area contributed by atoms with Crippen LogP contribution in [0.2, 0.25) is 0 Å². The SMILES string of the molecule is Oc1ccc(NC2CCCc3sc(Br)cc32)cc1. The molecule has 94 valence electrons. The number of anilines is 1. The molecule has 4 heteroatoms. The van der Waals surface area contributed by atoms with Crippen LogP contribution in [-0.2, 0) is 6.42 Å². The molecule has 0 radical (unpaired) electrons. The van der Waals surface area contributed by atoms with Gasteiger partial charge in [-0.25, -0.2) is 0 Å². The average Bonchev–Trinajstić information content (AvgIpc) is 2.73. The number of benzene rings is 1. The van der Waals surface area contributed by atoms with Gasteiger partial charge in [0.1, 0.15) is 5.75 Å². The Bertz CT molecular complexity index is 549. The Morgan fingerprint density at radius 2 is 2.06 bits per heavy atom. The van der Waals surface area contributed by atoms with E-state index in [9.17, 15) is 5.11 Å². The summed E-state index contributed by atoms with van der Waals surface area (Å²) in [6, 6.07) is 9.90. The van der Waals surface area contributed by atoms with Crippen LogP contribution < -0.4 is 5.32 Å². The van der Waals surface area contributed by atoms with E-state index in [1.807, 2.05) is 23.5 Å². The molecule has 3 rings (SSSR count). The minimum atomic E-state index is 0.308. The van der Waals surface area contributed by atoms with E-state index >= 15 is 0 Å². The number of hydrogen-bond acceptors (Lipinski definition) is 3. The van der Waals surface area contributed by atoms with Gasteiger partial charge in [-0.1, -0.05) is 0 Å². The fourth-order valence-electron chi connectivity index (χ4n) is 2.43. The maximum absolute atomic E-state index is 9.29. The number of fused-ring (bicyclic) bond motifs is 1. The largest absolute Gasteiger partial charge is 0.508 e. The zero-order valence-electron chi connectivity index (χ0n) is 9.82. The second-order valence-corrected chi connectivity index (χ2v) is 7.08. The molecule has 1 unspecified atom stereocenters.